The van der Waals surface area contributed by atoms with E-state index in [2.05, 4.69) is 10.6 Å². The van der Waals surface area contributed by atoms with Crippen LogP contribution in [0.3, 0.4) is 0 Å². The van der Waals surface area contributed by atoms with E-state index in [9.17, 15) is 26.4 Å². The molecule has 0 saturated carbocycles. The molecule has 2 amide bonds. The van der Waals surface area contributed by atoms with Gasteiger partial charge in [-0.1, -0.05) is 6.07 Å². The van der Waals surface area contributed by atoms with Crippen LogP contribution in [0.15, 0.2) is 47.4 Å². The summed E-state index contributed by atoms with van der Waals surface area (Å²) in [7, 11) is -5.41. The molecule has 134 valence electrons. The van der Waals surface area contributed by atoms with Gasteiger partial charge in [-0.15, -0.1) is 0 Å². The number of nitrogens with one attached hydrogen (secondary N) is 2. The standard InChI is InChI=1S/C16H15F3N2O3S/c1-10-3-4-13(9-11(10)2)21-15(22)20-12-5-7-14(8-6-12)25(23,24)16(17,18)19/h3-9H,1-2H3,(H2,20,21,22). The summed E-state index contributed by atoms with van der Waals surface area (Å²) in [6.07, 6.45) is 0. The molecule has 2 aromatic carbocycles. The molecule has 2 rings (SSSR count). The minimum Gasteiger partial charge on any atom is -0.308 e. The van der Waals surface area contributed by atoms with E-state index in [0.717, 1.165) is 35.4 Å². The van der Waals surface area contributed by atoms with E-state index in [0.29, 0.717) is 5.69 Å². The number of hydrogen-bond donors (Lipinski definition) is 2. The van der Waals surface area contributed by atoms with Crippen LogP contribution in [0.1, 0.15) is 11.1 Å². The molecule has 0 fully saturated rings. The number of anilines is 2. The van der Waals surface area contributed by atoms with Crippen LogP contribution in [0, 0.1) is 13.8 Å². The van der Waals surface area contributed by atoms with Crippen molar-refractivity contribution in [3.8, 4) is 0 Å². The number of carbonyl (C=O) groups is 1. The molecule has 0 aliphatic carbocycles. The largest absolute Gasteiger partial charge is 0.501 e. The molecule has 9 heteroatoms. The lowest BCUT2D eigenvalue weighted by Gasteiger charge is -2.11. The lowest BCUT2D eigenvalue weighted by molar-refractivity contribution is -0.0436. The van der Waals surface area contributed by atoms with Gasteiger partial charge >= 0.3 is 11.5 Å². The van der Waals surface area contributed by atoms with E-state index < -0.39 is 26.3 Å². The van der Waals surface area contributed by atoms with Gasteiger partial charge in [-0.25, -0.2) is 13.2 Å². The highest BCUT2D eigenvalue weighted by Crippen LogP contribution is 2.30. The smallest absolute Gasteiger partial charge is 0.308 e. The van der Waals surface area contributed by atoms with Gasteiger partial charge in [0.25, 0.3) is 9.84 Å². The van der Waals surface area contributed by atoms with Gasteiger partial charge in [-0.2, -0.15) is 13.2 Å². The second-order valence-electron chi connectivity index (χ2n) is 5.35. The van der Waals surface area contributed by atoms with Gasteiger partial charge in [-0.3, -0.25) is 0 Å². The molecule has 0 aliphatic rings. The van der Waals surface area contributed by atoms with E-state index in [4.69, 9.17) is 0 Å². The van der Waals surface area contributed by atoms with E-state index in [-0.39, 0.29) is 5.69 Å². The summed E-state index contributed by atoms with van der Waals surface area (Å²) in [4.78, 5) is 11.0. The number of rotatable bonds is 3. The number of aryl methyl sites for hydroxylation is 2. The van der Waals surface area contributed by atoms with Crippen molar-refractivity contribution in [3.05, 3.63) is 53.6 Å². The van der Waals surface area contributed by atoms with Crippen molar-refractivity contribution in [3.63, 3.8) is 0 Å². The zero-order valence-electron chi connectivity index (χ0n) is 13.3. The summed E-state index contributed by atoms with van der Waals surface area (Å²) in [5.41, 5.74) is -2.62. The molecule has 2 aromatic rings. The van der Waals surface area contributed by atoms with Gasteiger partial charge in [0.1, 0.15) is 0 Å². The highest BCUT2D eigenvalue weighted by Gasteiger charge is 2.46. The number of urea groups is 1. The molecule has 0 saturated heterocycles. The van der Waals surface area contributed by atoms with E-state index in [1.807, 2.05) is 19.9 Å². The molecule has 25 heavy (non-hydrogen) atoms. The van der Waals surface area contributed by atoms with Gasteiger partial charge in [-0.05, 0) is 61.4 Å². The van der Waals surface area contributed by atoms with Crippen molar-refractivity contribution in [2.45, 2.75) is 24.3 Å². The third-order valence-electron chi connectivity index (χ3n) is 3.49. The Kier molecular flexibility index (Phi) is 5.07. The number of amides is 2. The molecule has 0 aliphatic heterocycles. The van der Waals surface area contributed by atoms with Crippen LogP contribution in [0.2, 0.25) is 0 Å². The third kappa shape index (κ3) is 4.30. The van der Waals surface area contributed by atoms with E-state index >= 15 is 0 Å². The van der Waals surface area contributed by atoms with Crippen LogP contribution in [0.5, 0.6) is 0 Å². The fourth-order valence-corrected chi connectivity index (χ4v) is 2.73. The molecule has 5 nitrogen and oxygen atoms in total. The second kappa shape index (κ2) is 6.75. The number of hydrogen-bond acceptors (Lipinski definition) is 3. The first-order chi connectivity index (χ1) is 11.5. The van der Waals surface area contributed by atoms with Crippen molar-refractivity contribution in [1.29, 1.82) is 0 Å². The maximum Gasteiger partial charge on any atom is 0.501 e. The SMILES string of the molecule is Cc1ccc(NC(=O)Nc2ccc(S(=O)(=O)C(F)(F)F)cc2)cc1C. The molecular formula is C16H15F3N2O3S. The van der Waals surface area contributed by atoms with Crippen LogP contribution >= 0.6 is 0 Å². The Morgan fingerprint density at radius 1 is 0.880 bits per heavy atom. The average Bonchev–Trinajstić information content (AvgIpc) is 2.50. The first-order valence-corrected chi connectivity index (χ1v) is 8.56. The summed E-state index contributed by atoms with van der Waals surface area (Å²) < 4.78 is 59.9. The summed E-state index contributed by atoms with van der Waals surface area (Å²) in [6.45, 7) is 3.81. The van der Waals surface area contributed by atoms with Crippen molar-refractivity contribution in [1.82, 2.24) is 0 Å². The Labute approximate surface area is 142 Å². The zero-order chi connectivity index (χ0) is 18.8. The van der Waals surface area contributed by atoms with Crippen LogP contribution in [0.4, 0.5) is 29.3 Å². The quantitative estimate of drug-likeness (QED) is 0.846. The predicted octanol–water partition coefficient (Wildman–Crippen LogP) is 4.24. The predicted molar refractivity (Wildman–Crippen MR) is 88.2 cm³/mol. The van der Waals surface area contributed by atoms with Gasteiger partial charge < -0.3 is 10.6 Å². The van der Waals surface area contributed by atoms with E-state index in [1.165, 1.54) is 0 Å². The van der Waals surface area contributed by atoms with Gasteiger partial charge in [0.15, 0.2) is 0 Å². The number of benzene rings is 2. The summed E-state index contributed by atoms with van der Waals surface area (Å²) in [5.74, 6) is 0. The highest BCUT2D eigenvalue weighted by molar-refractivity contribution is 7.92. The number of carbonyl (C=O) groups excluding carboxylic acids is 1. The lowest BCUT2D eigenvalue weighted by Crippen LogP contribution is -2.23. The van der Waals surface area contributed by atoms with Gasteiger partial charge in [0.05, 0.1) is 4.90 Å². The Morgan fingerprint density at radius 3 is 1.92 bits per heavy atom. The monoisotopic (exact) mass is 372 g/mol. The minimum atomic E-state index is -5.41. The van der Waals surface area contributed by atoms with Crippen LogP contribution in [0.25, 0.3) is 0 Å². The van der Waals surface area contributed by atoms with E-state index in [1.54, 1.807) is 12.1 Å². The number of halogens is 3. The molecule has 0 radical (unpaired) electrons. The Hall–Kier alpha value is -2.55. The Bertz CT molecular complexity index is 892. The summed E-state index contributed by atoms with van der Waals surface area (Å²) in [6, 6.07) is 8.45. The molecular weight excluding hydrogens is 357 g/mol. The topological polar surface area (TPSA) is 75.3 Å². The van der Waals surface area contributed by atoms with Crippen molar-refractivity contribution >= 4 is 27.2 Å². The van der Waals surface area contributed by atoms with Crippen molar-refractivity contribution < 1.29 is 26.4 Å². The molecule has 0 unspecified atom stereocenters. The maximum absolute atomic E-state index is 12.5. The summed E-state index contributed by atoms with van der Waals surface area (Å²) in [5, 5.41) is 5.00. The third-order valence-corrected chi connectivity index (χ3v) is 4.99. The first kappa shape index (κ1) is 18.8. The highest BCUT2D eigenvalue weighted by atomic mass is 32.2. The molecule has 0 aromatic heterocycles. The van der Waals surface area contributed by atoms with Gasteiger partial charge in [0, 0.05) is 11.4 Å². The minimum absolute atomic E-state index is 0.155. The van der Waals surface area contributed by atoms with Crippen LogP contribution in [-0.4, -0.2) is 20.0 Å². The normalized spacial score (nSPS) is 11.9. The first-order valence-electron chi connectivity index (χ1n) is 7.07. The second-order valence-corrected chi connectivity index (χ2v) is 7.29. The maximum atomic E-state index is 12.5. The number of sulfone groups is 1. The van der Waals surface area contributed by atoms with Crippen molar-refractivity contribution in [2.24, 2.45) is 0 Å². The molecule has 0 atom stereocenters. The van der Waals surface area contributed by atoms with Crippen molar-refractivity contribution in [2.75, 3.05) is 10.6 Å². The lowest BCUT2D eigenvalue weighted by atomic mass is 10.1. The average molecular weight is 372 g/mol. The zero-order valence-corrected chi connectivity index (χ0v) is 14.1. The summed E-state index contributed by atoms with van der Waals surface area (Å²) >= 11 is 0. The number of alkyl halides is 3. The fraction of sp³-hybridized carbons (Fsp3) is 0.188. The van der Waals surface area contributed by atoms with Crippen LogP contribution in [-0.2, 0) is 9.84 Å². The molecule has 0 bridgehead atoms. The molecule has 0 spiro atoms. The molecule has 0 heterocycles. The molecule has 2 N–H and O–H groups in total. The Balaban J connectivity index is 2.08. The van der Waals surface area contributed by atoms with Crippen LogP contribution < -0.4 is 10.6 Å². The Morgan fingerprint density at radius 2 is 1.40 bits per heavy atom. The fourth-order valence-electron chi connectivity index (χ4n) is 1.96. The van der Waals surface area contributed by atoms with Gasteiger partial charge in [0.2, 0.25) is 0 Å².